The Balaban J connectivity index is 1.40. The maximum absolute atomic E-state index is 13.2. The summed E-state index contributed by atoms with van der Waals surface area (Å²) in [7, 11) is 5.54. The van der Waals surface area contributed by atoms with Crippen molar-refractivity contribution in [1.82, 2.24) is 9.88 Å². The number of benzene rings is 2. The third-order valence-electron chi connectivity index (χ3n) is 6.88. The van der Waals surface area contributed by atoms with Crippen LogP contribution in [0.2, 0.25) is 0 Å². The quantitative estimate of drug-likeness (QED) is 0.603. The molecular formula is C27H28N4O4. The lowest BCUT2D eigenvalue weighted by molar-refractivity contribution is -0.122. The summed E-state index contributed by atoms with van der Waals surface area (Å²) in [5.41, 5.74) is 2.49. The van der Waals surface area contributed by atoms with Crippen molar-refractivity contribution >= 4 is 23.2 Å². The van der Waals surface area contributed by atoms with Crippen LogP contribution in [-0.2, 0) is 10.2 Å². The number of anilines is 2. The van der Waals surface area contributed by atoms with Gasteiger partial charge in [0.1, 0.15) is 5.75 Å². The van der Waals surface area contributed by atoms with Crippen molar-refractivity contribution in [2.75, 3.05) is 44.5 Å². The first-order chi connectivity index (χ1) is 16.9. The third-order valence-corrected chi connectivity index (χ3v) is 6.88. The fourth-order valence-corrected chi connectivity index (χ4v) is 4.87. The Morgan fingerprint density at radius 2 is 1.89 bits per heavy atom. The number of carbonyl (C=O) groups is 2. The van der Waals surface area contributed by atoms with Gasteiger partial charge in [-0.05, 0) is 48.7 Å². The average molecular weight is 473 g/mol. The summed E-state index contributed by atoms with van der Waals surface area (Å²) in [6, 6.07) is 15.0. The maximum atomic E-state index is 13.2. The van der Waals surface area contributed by atoms with Gasteiger partial charge in [-0.25, -0.2) is 0 Å². The number of pyridine rings is 1. The van der Waals surface area contributed by atoms with Gasteiger partial charge < -0.3 is 24.6 Å². The second kappa shape index (κ2) is 8.94. The molecule has 2 aliphatic heterocycles. The predicted molar refractivity (Wildman–Crippen MR) is 134 cm³/mol. The molecule has 1 aromatic heterocycles. The van der Waals surface area contributed by atoms with Crippen molar-refractivity contribution in [1.29, 1.82) is 0 Å². The second-order valence-electron chi connectivity index (χ2n) is 9.11. The van der Waals surface area contributed by atoms with Gasteiger partial charge in [-0.3, -0.25) is 14.6 Å². The lowest BCUT2D eigenvalue weighted by Gasteiger charge is -2.38. The molecule has 2 aromatic carbocycles. The van der Waals surface area contributed by atoms with Crippen molar-refractivity contribution < 1.29 is 19.1 Å². The van der Waals surface area contributed by atoms with Gasteiger partial charge in [0, 0.05) is 63.1 Å². The molecule has 1 N–H and O–H groups in total. The van der Waals surface area contributed by atoms with Crippen LogP contribution in [0.5, 0.6) is 17.2 Å². The summed E-state index contributed by atoms with van der Waals surface area (Å²) >= 11 is 0. The highest BCUT2D eigenvalue weighted by atomic mass is 16.5. The number of likely N-dealkylation sites (tertiary alicyclic amines) is 1. The predicted octanol–water partition coefficient (Wildman–Crippen LogP) is 4.07. The first-order valence-electron chi connectivity index (χ1n) is 11.6. The number of aromatic nitrogens is 1. The van der Waals surface area contributed by atoms with E-state index in [2.05, 4.69) is 10.3 Å². The molecule has 1 saturated heterocycles. The number of hydrogen-bond donors (Lipinski definition) is 1. The summed E-state index contributed by atoms with van der Waals surface area (Å²) in [5, 5.41) is 3.04. The van der Waals surface area contributed by atoms with Crippen LogP contribution in [0.1, 0.15) is 28.8 Å². The fraction of sp³-hybridized carbons (Fsp3) is 0.296. The Labute approximate surface area is 204 Å². The number of hydrogen-bond acceptors (Lipinski definition) is 6. The van der Waals surface area contributed by atoms with E-state index in [1.807, 2.05) is 55.4 Å². The molecule has 2 aliphatic rings. The number of carbonyl (C=O) groups excluding carboxylic acids is 2. The van der Waals surface area contributed by atoms with Gasteiger partial charge in [-0.1, -0.05) is 6.07 Å². The minimum atomic E-state index is -0.697. The molecule has 3 aromatic rings. The van der Waals surface area contributed by atoms with Crippen LogP contribution in [0.15, 0.2) is 60.9 Å². The molecule has 0 aliphatic carbocycles. The number of methoxy groups -OCH3 is 1. The van der Waals surface area contributed by atoms with Gasteiger partial charge in [0.2, 0.25) is 5.91 Å². The standard InChI is InChI=1S/C27H28N4O4/c1-30(2)19-7-4-8-20(14-19)35-24-16-22-21(15-23(24)34-3)27(26(33)29-22)9-12-31(13-10-27)25(32)18-6-5-11-28-17-18/h4-8,11,14-17H,9-10,12-13H2,1-3H3,(H,29,33). The molecule has 0 radical (unpaired) electrons. The molecule has 0 atom stereocenters. The number of amides is 2. The number of rotatable bonds is 5. The van der Waals surface area contributed by atoms with Crippen molar-refractivity contribution in [2.45, 2.75) is 18.3 Å². The monoisotopic (exact) mass is 472 g/mol. The summed E-state index contributed by atoms with van der Waals surface area (Å²) < 4.78 is 11.8. The van der Waals surface area contributed by atoms with E-state index >= 15 is 0 Å². The Bertz CT molecular complexity index is 1270. The van der Waals surface area contributed by atoms with Crippen LogP contribution >= 0.6 is 0 Å². The van der Waals surface area contributed by atoms with E-state index in [9.17, 15) is 9.59 Å². The lowest BCUT2D eigenvalue weighted by Crippen LogP contribution is -2.48. The molecular weight excluding hydrogens is 444 g/mol. The van der Waals surface area contributed by atoms with Gasteiger partial charge in [0.05, 0.1) is 18.1 Å². The Hall–Kier alpha value is -4.07. The molecule has 0 bridgehead atoms. The van der Waals surface area contributed by atoms with Crippen molar-refractivity contribution in [3.63, 3.8) is 0 Å². The minimum absolute atomic E-state index is 0.0465. The smallest absolute Gasteiger partial charge is 0.255 e. The average Bonchev–Trinajstić information content (AvgIpc) is 3.14. The van der Waals surface area contributed by atoms with Gasteiger partial charge >= 0.3 is 0 Å². The zero-order valence-electron chi connectivity index (χ0n) is 20.1. The fourth-order valence-electron chi connectivity index (χ4n) is 4.87. The van der Waals surface area contributed by atoms with Gasteiger partial charge in [-0.2, -0.15) is 0 Å². The van der Waals surface area contributed by atoms with E-state index in [0.717, 1.165) is 16.9 Å². The minimum Gasteiger partial charge on any atom is -0.493 e. The first-order valence-corrected chi connectivity index (χ1v) is 11.6. The maximum Gasteiger partial charge on any atom is 0.255 e. The zero-order valence-corrected chi connectivity index (χ0v) is 20.1. The van der Waals surface area contributed by atoms with Crippen molar-refractivity contribution in [3.05, 3.63) is 72.1 Å². The van der Waals surface area contributed by atoms with Crippen molar-refractivity contribution in [2.24, 2.45) is 0 Å². The Kier molecular flexibility index (Phi) is 5.80. The lowest BCUT2D eigenvalue weighted by atomic mass is 9.73. The van der Waals surface area contributed by atoms with Gasteiger partial charge in [0.25, 0.3) is 5.91 Å². The van der Waals surface area contributed by atoms with E-state index in [0.29, 0.717) is 48.7 Å². The Morgan fingerprint density at radius 1 is 1.09 bits per heavy atom. The molecule has 0 saturated carbocycles. The van der Waals surface area contributed by atoms with Crippen LogP contribution in [0.4, 0.5) is 11.4 Å². The molecule has 1 fully saturated rings. The zero-order chi connectivity index (χ0) is 24.6. The number of nitrogens with zero attached hydrogens (tertiary/aromatic N) is 3. The van der Waals surface area contributed by atoms with Crippen LogP contribution in [0.25, 0.3) is 0 Å². The third kappa shape index (κ3) is 4.05. The molecule has 5 rings (SSSR count). The van der Waals surface area contributed by atoms with Gasteiger partial charge in [0.15, 0.2) is 11.5 Å². The molecule has 0 unspecified atom stereocenters. The highest BCUT2D eigenvalue weighted by Gasteiger charge is 2.49. The van der Waals surface area contributed by atoms with Crippen molar-refractivity contribution in [3.8, 4) is 17.2 Å². The van der Waals surface area contributed by atoms with Crippen LogP contribution in [0, 0.1) is 0 Å². The molecule has 2 amide bonds. The molecule has 3 heterocycles. The van der Waals surface area contributed by atoms with E-state index in [1.165, 1.54) is 0 Å². The van der Waals surface area contributed by atoms with E-state index in [1.54, 1.807) is 36.5 Å². The highest BCUT2D eigenvalue weighted by molar-refractivity contribution is 6.07. The molecule has 8 heteroatoms. The number of ether oxygens (including phenoxy) is 2. The summed E-state index contributed by atoms with van der Waals surface area (Å²) in [5.74, 6) is 1.66. The number of nitrogens with one attached hydrogen (secondary N) is 1. The SMILES string of the molecule is COc1cc2c(cc1Oc1cccc(N(C)C)c1)NC(=O)C21CCN(C(=O)c2cccnc2)CC1. The van der Waals surface area contributed by atoms with Crippen LogP contribution < -0.4 is 19.7 Å². The van der Waals surface area contributed by atoms with E-state index < -0.39 is 5.41 Å². The first kappa shape index (κ1) is 22.7. The number of piperidine rings is 1. The van der Waals surface area contributed by atoms with E-state index in [-0.39, 0.29) is 11.8 Å². The summed E-state index contributed by atoms with van der Waals surface area (Å²) in [6.07, 6.45) is 4.29. The van der Waals surface area contributed by atoms with Crippen LogP contribution in [0.3, 0.4) is 0 Å². The van der Waals surface area contributed by atoms with Crippen LogP contribution in [-0.4, -0.2) is 56.0 Å². The molecule has 35 heavy (non-hydrogen) atoms. The second-order valence-corrected chi connectivity index (χ2v) is 9.11. The normalized spacial score (nSPS) is 16.0. The highest BCUT2D eigenvalue weighted by Crippen LogP contribution is 2.49. The molecule has 1 spiro atoms. The molecule has 8 nitrogen and oxygen atoms in total. The number of fused-ring (bicyclic) bond motifs is 2. The Morgan fingerprint density at radius 3 is 2.57 bits per heavy atom. The topological polar surface area (TPSA) is 84.0 Å². The van der Waals surface area contributed by atoms with E-state index in [4.69, 9.17) is 9.47 Å². The van der Waals surface area contributed by atoms with Gasteiger partial charge in [-0.15, -0.1) is 0 Å². The summed E-state index contributed by atoms with van der Waals surface area (Å²) in [4.78, 5) is 33.9. The molecule has 180 valence electrons. The summed E-state index contributed by atoms with van der Waals surface area (Å²) in [6.45, 7) is 0.969. The largest absolute Gasteiger partial charge is 0.493 e.